The number of aromatic nitrogens is 1. The Bertz CT molecular complexity index is 2520. The molecule has 0 aliphatic carbocycles. The second-order valence-corrected chi connectivity index (χ2v) is 21.9. The summed E-state index contributed by atoms with van der Waals surface area (Å²) in [4.78, 5) is 7.09. The Morgan fingerprint density at radius 1 is 0.807 bits per heavy atom. The molecule has 1 aliphatic rings. The van der Waals surface area contributed by atoms with E-state index in [1.165, 1.54) is 27.6 Å². The van der Waals surface area contributed by atoms with E-state index in [2.05, 4.69) is 162 Å². The van der Waals surface area contributed by atoms with Gasteiger partial charge in [-0.1, -0.05) is 133 Å². The van der Waals surface area contributed by atoms with E-state index in [0.717, 1.165) is 56.6 Å². The number of nitrogens with zero attached hydrogens (tertiary/aromatic N) is 4. The first-order valence-electron chi connectivity index (χ1n) is 19.8. The molecule has 1 atom stereocenters. The number of hydrogen-bond acceptors (Lipinski definition) is 4. The van der Waals surface area contributed by atoms with Gasteiger partial charge in [-0.15, -0.1) is 41.6 Å². The van der Waals surface area contributed by atoms with E-state index in [0.29, 0.717) is 23.3 Å². The van der Waals surface area contributed by atoms with Crippen molar-refractivity contribution in [1.29, 1.82) is 5.26 Å². The summed E-state index contributed by atoms with van der Waals surface area (Å²) in [5, 5.41) is 17.8. The molecule has 0 fully saturated rings. The molecule has 0 amide bonds. The molecular formula is C50H51IrN4OSi. The molecule has 5 nitrogen and oxygen atoms in total. The van der Waals surface area contributed by atoms with Gasteiger partial charge in [0.2, 0.25) is 0 Å². The fourth-order valence-corrected chi connectivity index (χ4v) is 9.35. The smallest absolute Gasteiger partial charge is 0.661 e. The summed E-state index contributed by atoms with van der Waals surface area (Å²) in [6.45, 7) is 20.7. The van der Waals surface area contributed by atoms with Gasteiger partial charge >= 0.3 is 20.1 Å². The van der Waals surface area contributed by atoms with Gasteiger partial charge in [-0.25, -0.2) is 5.26 Å². The number of para-hydroxylation sites is 4. The minimum atomic E-state index is -1.40. The Morgan fingerprint density at radius 2 is 1.51 bits per heavy atom. The maximum atomic E-state index is 8.89. The quantitative estimate of drug-likeness (QED) is 0.112. The van der Waals surface area contributed by atoms with Crippen LogP contribution in [0.3, 0.4) is 0 Å². The van der Waals surface area contributed by atoms with Crippen molar-refractivity contribution in [2.45, 2.75) is 85.6 Å². The van der Waals surface area contributed by atoms with Crippen molar-refractivity contribution in [3.63, 3.8) is 0 Å². The van der Waals surface area contributed by atoms with Crippen LogP contribution in [-0.4, -0.2) is 13.1 Å². The molecule has 0 radical (unpaired) electrons. The molecular weight excluding hydrogens is 893 g/mol. The molecule has 7 aromatic rings. The van der Waals surface area contributed by atoms with Gasteiger partial charge < -0.3 is 19.6 Å². The van der Waals surface area contributed by atoms with Crippen molar-refractivity contribution in [3.05, 3.63) is 155 Å². The molecule has 0 N–H and O–H groups in total. The van der Waals surface area contributed by atoms with Crippen LogP contribution in [0, 0.1) is 29.4 Å². The SMILES string of the molecule is CC(C)Cc1cc(-c2[c-]cc(C#N)cc2)ncc1[Si](C)(C)C.CC(C)c1cccc(C(C)C)c1N1c2ccccc2[N-]C1c1[c-]cc2oc3ccccc3c2c1.[Ir+3]. The minimum absolute atomic E-state index is 0. The molecule has 7 heteroatoms. The van der Waals surface area contributed by atoms with Crippen LogP contribution in [0.1, 0.15) is 87.4 Å². The largest absolute Gasteiger partial charge is 3.00 e. The molecule has 0 spiro atoms. The first-order chi connectivity index (χ1) is 26.8. The Morgan fingerprint density at radius 3 is 2.16 bits per heavy atom. The fourth-order valence-electron chi connectivity index (χ4n) is 7.76. The van der Waals surface area contributed by atoms with Gasteiger partial charge in [0, 0.05) is 34.6 Å². The van der Waals surface area contributed by atoms with Gasteiger partial charge in [0.1, 0.15) is 5.58 Å². The molecule has 0 saturated carbocycles. The number of nitriles is 1. The molecule has 290 valence electrons. The van der Waals surface area contributed by atoms with E-state index < -0.39 is 8.07 Å². The van der Waals surface area contributed by atoms with Gasteiger partial charge in [-0.3, -0.25) is 0 Å². The maximum Gasteiger partial charge on any atom is 3.00 e. The van der Waals surface area contributed by atoms with Crippen molar-refractivity contribution >= 4 is 52.3 Å². The van der Waals surface area contributed by atoms with Crippen LogP contribution < -0.4 is 10.1 Å². The van der Waals surface area contributed by atoms with Gasteiger partial charge in [-0.2, -0.15) is 17.7 Å². The second-order valence-electron chi connectivity index (χ2n) is 16.9. The summed E-state index contributed by atoms with van der Waals surface area (Å²) in [6.07, 6.45) is 2.95. The average Bonchev–Trinajstić information content (AvgIpc) is 3.75. The van der Waals surface area contributed by atoms with Crippen molar-refractivity contribution in [2.75, 3.05) is 4.90 Å². The molecule has 1 unspecified atom stereocenters. The van der Waals surface area contributed by atoms with Crippen LogP contribution >= 0.6 is 0 Å². The molecule has 2 aromatic heterocycles. The van der Waals surface area contributed by atoms with E-state index in [9.17, 15) is 0 Å². The van der Waals surface area contributed by atoms with Gasteiger partial charge in [0.05, 0.1) is 8.07 Å². The van der Waals surface area contributed by atoms with E-state index in [4.69, 9.17) is 15.0 Å². The predicted octanol–water partition coefficient (Wildman–Crippen LogP) is 13.7. The number of hydrogen-bond donors (Lipinski definition) is 0. The predicted molar refractivity (Wildman–Crippen MR) is 236 cm³/mol. The fraction of sp³-hybridized carbons (Fsp3) is 0.280. The first-order valence-corrected chi connectivity index (χ1v) is 23.3. The van der Waals surface area contributed by atoms with Gasteiger partial charge in [-0.05, 0) is 70.0 Å². The van der Waals surface area contributed by atoms with Crippen LogP contribution in [0.25, 0.3) is 38.5 Å². The molecule has 57 heavy (non-hydrogen) atoms. The van der Waals surface area contributed by atoms with Crippen molar-refractivity contribution in [1.82, 2.24) is 4.98 Å². The number of rotatable bonds is 8. The Balaban J connectivity index is 0.000000208. The summed E-state index contributed by atoms with van der Waals surface area (Å²) in [5.74, 6) is 1.41. The van der Waals surface area contributed by atoms with E-state index >= 15 is 0 Å². The van der Waals surface area contributed by atoms with E-state index in [-0.39, 0.29) is 26.3 Å². The van der Waals surface area contributed by atoms with Crippen LogP contribution in [-0.2, 0) is 26.5 Å². The zero-order chi connectivity index (χ0) is 39.7. The molecule has 0 bridgehead atoms. The molecule has 3 heterocycles. The molecule has 8 rings (SSSR count). The first kappa shape index (κ1) is 41.6. The summed E-state index contributed by atoms with van der Waals surface area (Å²) >= 11 is 0. The monoisotopic (exact) mass is 944 g/mol. The number of benzene rings is 5. The molecule has 1 aliphatic heterocycles. The summed E-state index contributed by atoms with van der Waals surface area (Å²) in [5.41, 5.74) is 12.9. The third-order valence-electron chi connectivity index (χ3n) is 10.5. The molecule has 5 aromatic carbocycles. The van der Waals surface area contributed by atoms with Crippen LogP contribution in [0.4, 0.5) is 17.1 Å². The van der Waals surface area contributed by atoms with E-state index in [1.54, 1.807) is 6.07 Å². The Labute approximate surface area is 353 Å². The Hall–Kier alpha value is -4.99. The van der Waals surface area contributed by atoms with Crippen molar-refractivity contribution in [2.24, 2.45) is 5.92 Å². The summed E-state index contributed by atoms with van der Waals surface area (Å²) in [6, 6.07) is 44.1. The number of fused-ring (bicyclic) bond motifs is 4. The van der Waals surface area contributed by atoms with Crippen molar-refractivity contribution < 1.29 is 24.5 Å². The van der Waals surface area contributed by atoms with E-state index in [1.807, 2.05) is 30.3 Å². The Kier molecular flexibility index (Phi) is 12.6. The third-order valence-corrected chi connectivity index (χ3v) is 12.6. The number of furan rings is 1. The number of anilines is 2. The van der Waals surface area contributed by atoms with Gasteiger partial charge in [0.25, 0.3) is 0 Å². The average molecular weight is 944 g/mol. The van der Waals surface area contributed by atoms with Crippen LogP contribution in [0.15, 0.2) is 114 Å². The zero-order valence-electron chi connectivity index (χ0n) is 34.4. The normalized spacial score (nSPS) is 13.7. The standard InChI is InChI=1S/C31H28N2O.C19H23N2Si.Ir/c1-19(2)22-11-9-12-23(20(3)4)30(22)33-27-14-7-6-13-26(27)32-31(33)21-16-17-29-25(18-21)24-10-5-8-15-28(24)34-29;1-14(2)10-17-11-18(21-13-19(17)22(3,4)5)16-8-6-15(12-20)7-9-16;/h5-15,17-20,31H,1-4H3;6-8,11,13-14H,10H2,1-5H3;/q-2;-1;+3. The molecule has 0 saturated heterocycles. The second kappa shape index (κ2) is 17.2. The summed E-state index contributed by atoms with van der Waals surface area (Å²) < 4.78 is 6.07. The maximum absolute atomic E-state index is 8.89. The van der Waals surface area contributed by atoms with Crippen LogP contribution in [0.2, 0.25) is 19.6 Å². The number of pyridine rings is 1. The topological polar surface area (TPSA) is 67.2 Å². The van der Waals surface area contributed by atoms with Crippen LogP contribution in [0.5, 0.6) is 0 Å². The zero-order valence-corrected chi connectivity index (χ0v) is 37.8. The van der Waals surface area contributed by atoms with Crippen molar-refractivity contribution in [3.8, 4) is 17.3 Å². The minimum Gasteiger partial charge on any atom is -0.661 e. The van der Waals surface area contributed by atoms with Gasteiger partial charge in [0.15, 0.2) is 0 Å². The third kappa shape index (κ3) is 8.65. The summed E-state index contributed by atoms with van der Waals surface area (Å²) in [7, 11) is -1.40.